The topological polar surface area (TPSA) is 43.4 Å². The molecule has 3 rings (SSSR count). The molecule has 0 aliphatic heterocycles. The second-order valence-electron chi connectivity index (χ2n) is 7.01. The Morgan fingerprint density at radius 2 is 1.52 bits per heavy atom. The van der Waals surface area contributed by atoms with Gasteiger partial charge in [-0.15, -0.1) is 0 Å². The first-order valence-corrected chi connectivity index (χ1v) is 9.02. The van der Waals surface area contributed by atoms with Crippen LogP contribution in [-0.2, 0) is 9.53 Å². The molecule has 3 nitrogen and oxygen atoms in total. The fourth-order valence-corrected chi connectivity index (χ4v) is 4.10. The van der Waals surface area contributed by atoms with Crippen LogP contribution in [0.4, 0.5) is 0 Å². The Kier molecular flexibility index (Phi) is 5.47. The van der Waals surface area contributed by atoms with Crippen LogP contribution in [0, 0.1) is 11.8 Å². The molecule has 0 radical (unpaired) electrons. The van der Waals surface area contributed by atoms with E-state index in [1.54, 1.807) is 0 Å². The smallest absolute Gasteiger partial charge is 0.338 e. The number of hydrogen-bond donors (Lipinski definition) is 0. The molecule has 0 saturated heterocycles. The number of carbonyl (C=O) groups excluding carboxylic acids is 2. The van der Waals surface area contributed by atoms with Crippen LogP contribution < -0.4 is 0 Å². The summed E-state index contributed by atoms with van der Waals surface area (Å²) < 4.78 is 6.00. The van der Waals surface area contributed by atoms with Crippen molar-refractivity contribution in [3.05, 3.63) is 35.9 Å². The van der Waals surface area contributed by atoms with Crippen molar-refractivity contribution in [3.8, 4) is 0 Å². The summed E-state index contributed by atoms with van der Waals surface area (Å²) in [4.78, 5) is 24.1. The lowest BCUT2D eigenvalue weighted by atomic mass is 9.75. The average Bonchev–Trinajstić information content (AvgIpc) is 2.62. The summed E-state index contributed by atoms with van der Waals surface area (Å²) in [5.74, 6) is 0.967. The Balaban J connectivity index is 1.71. The summed E-state index contributed by atoms with van der Waals surface area (Å²) >= 11 is 0. The van der Waals surface area contributed by atoms with Gasteiger partial charge in [-0.1, -0.05) is 37.5 Å². The lowest BCUT2D eigenvalue weighted by Gasteiger charge is -2.36. The molecule has 1 unspecified atom stereocenters. The maximum absolute atomic E-state index is 12.5. The third-order valence-corrected chi connectivity index (χ3v) is 5.42. The summed E-state index contributed by atoms with van der Waals surface area (Å²) in [7, 11) is 0. The van der Waals surface area contributed by atoms with Gasteiger partial charge in [-0.3, -0.25) is 4.79 Å². The van der Waals surface area contributed by atoms with Gasteiger partial charge in [0.1, 0.15) is 11.9 Å². The van der Waals surface area contributed by atoms with Crippen molar-refractivity contribution in [1.29, 1.82) is 0 Å². The zero-order valence-corrected chi connectivity index (χ0v) is 13.7. The third kappa shape index (κ3) is 4.21. The van der Waals surface area contributed by atoms with Crippen LogP contribution in [0.15, 0.2) is 30.3 Å². The number of ether oxygens (including phenoxy) is 1. The quantitative estimate of drug-likeness (QED) is 0.766. The first kappa shape index (κ1) is 16.2. The molecule has 1 aromatic carbocycles. The van der Waals surface area contributed by atoms with E-state index in [0.717, 1.165) is 25.7 Å². The van der Waals surface area contributed by atoms with Crippen molar-refractivity contribution in [2.24, 2.45) is 11.8 Å². The van der Waals surface area contributed by atoms with Gasteiger partial charge in [-0.25, -0.2) is 4.79 Å². The number of carbonyl (C=O) groups is 2. The van der Waals surface area contributed by atoms with Crippen LogP contribution in [0.5, 0.6) is 0 Å². The van der Waals surface area contributed by atoms with Gasteiger partial charge < -0.3 is 4.74 Å². The van der Waals surface area contributed by atoms with E-state index >= 15 is 0 Å². The van der Waals surface area contributed by atoms with Crippen LogP contribution in [0.3, 0.4) is 0 Å². The molecule has 124 valence electrons. The summed E-state index contributed by atoms with van der Waals surface area (Å²) in [5.41, 5.74) is 0.625. The molecule has 0 bridgehead atoms. The molecule has 2 fully saturated rings. The van der Waals surface area contributed by atoms with Crippen molar-refractivity contribution in [3.63, 3.8) is 0 Å². The second kappa shape index (κ2) is 7.76. The van der Waals surface area contributed by atoms with Crippen molar-refractivity contribution in [2.75, 3.05) is 0 Å². The van der Waals surface area contributed by atoms with Gasteiger partial charge >= 0.3 is 5.97 Å². The molecule has 23 heavy (non-hydrogen) atoms. The maximum atomic E-state index is 12.5. The number of hydrogen-bond acceptors (Lipinski definition) is 3. The Morgan fingerprint density at radius 1 is 0.913 bits per heavy atom. The van der Waals surface area contributed by atoms with Crippen molar-refractivity contribution < 1.29 is 14.3 Å². The van der Waals surface area contributed by atoms with E-state index in [1.165, 1.54) is 19.3 Å². The number of Topliss-reactive ketones (excluding diaryl/α,β-unsaturated/α-hetero) is 1. The van der Waals surface area contributed by atoms with Gasteiger partial charge in [-0.05, 0) is 49.7 Å². The Bertz CT molecular complexity index is 521. The van der Waals surface area contributed by atoms with Crippen molar-refractivity contribution >= 4 is 11.8 Å². The Labute approximate surface area is 138 Å². The number of ketones is 1. The third-order valence-electron chi connectivity index (χ3n) is 5.42. The lowest BCUT2D eigenvalue weighted by molar-refractivity contribution is -0.122. The SMILES string of the molecule is O=C1CCC(C(OC(=O)c2ccccc2)C2CCCCC2)CC1. The molecule has 1 aromatic rings. The van der Waals surface area contributed by atoms with E-state index in [4.69, 9.17) is 4.74 Å². The zero-order valence-electron chi connectivity index (χ0n) is 13.7. The Hall–Kier alpha value is -1.64. The molecular formula is C20H26O3. The van der Waals surface area contributed by atoms with Gasteiger partial charge in [0.15, 0.2) is 0 Å². The van der Waals surface area contributed by atoms with Gasteiger partial charge in [0.25, 0.3) is 0 Å². The van der Waals surface area contributed by atoms with Gasteiger partial charge in [0, 0.05) is 12.8 Å². The molecular weight excluding hydrogens is 288 g/mol. The van der Waals surface area contributed by atoms with Crippen LogP contribution in [-0.4, -0.2) is 17.9 Å². The summed E-state index contributed by atoms with van der Waals surface area (Å²) in [6.07, 6.45) is 9.09. The molecule has 3 heteroatoms. The van der Waals surface area contributed by atoms with Crippen LogP contribution in [0.1, 0.15) is 68.1 Å². The highest BCUT2D eigenvalue weighted by molar-refractivity contribution is 5.89. The van der Waals surface area contributed by atoms with Crippen molar-refractivity contribution in [1.82, 2.24) is 0 Å². The van der Waals surface area contributed by atoms with E-state index in [1.807, 2.05) is 30.3 Å². The standard InChI is InChI=1S/C20H26O3/c21-18-13-11-16(12-14-18)19(15-7-3-1-4-8-15)23-20(22)17-9-5-2-6-10-17/h2,5-6,9-10,15-16,19H,1,3-4,7-8,11-14H2. The lowest BCUT2D eigenvalue weighted by Crippen LogP contribution is -2.37. The minimum atomic E-state index is -0.210. The van der Waals surface area contributed by atoms with Gasteiger partial charge in [0.05, 0.1) is 5.56 Å². The fourth-order valence-electron chi connectivity index (χ4n) is 4.10. The van der Waals surface area contributed by atoms with Gasteiger partial charge in [-0.2, -0.15) is 0 Å². The van der Waals surface area contributed by atoms with Crippen LogP contribution in [0.2, 0.25) is 0 Å². The monoisotopic (exact) mass is 314 g/mol. The number of rotatable bonds is 4. The maximum Gasteiger partial charge on any atom is 0.338 e. The molecule has 2 saturated carbocycles. The Morgan fingerprint density at radius 3 is 2.17 bits per heavy atom. The first-order valence-electron chi connectivity index (χ1n) is 9.02. The second-order valence-corrected chi connectivity index (χ2v) is 7.01. The highest BCUT2D eigenvalue weighted by Crippen LogP contribution is 2.37. The van der Waals surface area contributed by atoms with E-state index in [2.05, 4.69) is 0 Å². The van der Waals surface area contributed by atoms with Crippen LogP contribution in [0.25, 0.3) is 0 Å². The fraction of sp³-hybridized carbons (Fsp3) is 0.600. The van der Waals surface area contributed by atoms with E-state index < -0.39 is 0 Å². The number of benzene rings is 1. The van der Waals surface area contributed by atoms with E-state index in [9.17, 15) is 9.59 Å². The summed E-state index contributed by atoms with van der Waals surface area (Å²) in [5, 5.41) is 0. The minimum absolute atomic E-state index is 0.0175. The summed E-state index contributed by atoms with van der Waals surface area (Å²) in [6.45, 7) is 0. The predicted molar refractivity (Wildman–Crippen MR) is 89.2 cm³/mol. The van der Waals surface area contributed by atoms with Crippen molar-refractivity contribution in [2.45, 2.75) is 63.9 Å². The van der Waals surface area contributed by atoms with E-state index in [-0.39, 0.29) is 12.1 Å². The van der Waals surface area contributed by atoms with Gasteiger partial charge in [0.2, 0.25) is 0 Å². The molecule has 2 aliphatic rings. The number of esters is 1. The molecule has 0 N–H and O–H groups in total. The summed E-state index contributed by atoms with van der Waals surface area (Å²) in [6, 6.07) is 9.26. The first-order chi connectivity index (χ1) is 11.2. The predicted octanol–water partition coefficient (Wildman–Crippen LogP) is 4.55. The highest BCUT2D eigenvalue weighted by atomic mass is 16.5. The zero-order chi connectivity index (χ0) is 16.1. The molecule has 0 aromatic heterocycles. The molecule has 0 amide bonds. The largest absolute Gasteiger partial charge is 0.458 e. The normalized spacial score (nSPS) is 21.8. The van der Waals surface area contributed by atoms with E-state index in [0.29, 0.717) is 36.0 Å². The molecule has 1 atom stereocenters. The minimum Gasteiger partial charge on any atom is -0.458 e. The molecule has 0 spiro atoms. The highest BCUT2D eigenvalue weighted by Gasteiger charge is 2.35. The molecule has 0 heterocycles. The van der Waals surface area contributed by atoms with Crippen LogP contribution >= 0.6 is 0 Å². The average molecular weight is 314 g/mol. The molecule has 2 aliphatic carbocycles.